The fraction of sp³-hybridized carbons (Fsp3) is 0.533. The third kappa shape index (κ3) is 2.94. The fourth-order valence-electron chi connectivity index (χ4n) is 2.43. The van der Waals surface area contributed by atoms with Crippen molar-refractivity contribution in [1.29, 1.82) is 0 Å². The molecular weight excluding hydrogens is 290 g/mol. The minimum atomic E-state index is 0.161. The summed E-state index contributed by atoms with van der Waals surface area (Å²) in [6, 6.07) is 7.61. The molecule has 1 heterocycles. The largest absolute Gasteiger partial charge is 0.338 e. The lowest BCUT2D eigenvalue weighted by Crippen LogP contribution is -2.31. The zero-order chi connectivity index (χ0) is 13.3. The van der Waals surface area contributed by atoms with Gasteiger partial charge in [0.15, 0.2) is 0 Å². The third-order valence-electron chi connectivity index (χ3n) is 3.79. The first kappa shape index (κ1) is 13.6. The highest BCUT2D eigenvalue weighted by atomic mass is 79.9. The molecule has 1 aliphatic heterocycles. The van der Waals surface area contributed by atoms with Gasteiger partial charge in [0.1, 0.15) is 0 Å². The Morgan fingerprint density at radius 1 is 1.28 bits per heavy atom. The van der Waals surface area contributed by atoms with E-state index < -0.39 is 0 Å². The Kier molecular flexibility index (Phi) is 3.81. The number of likely N-dealkylation sites (tertiary alicyclic amines) is 1. The van der Waals surface area contributed by atoms with Crippen LogP contribution in [0, 0.1) is 11.3 Å². The highest BCUT2D eigenvalue weighted by Gasteiger charge is 2.33. The lowest BCUT2D eigenvalue weighted by Gasteiger charge is -2.27. The summed E-state index contributed by atoms with van der Waals surface area (Å²) >= 11 is 3.39. The van der Waals surface area contributed by atoms with Gasteiger partial charge in [0.25, 0.3) is 5.91 Å². The molecule has 1 atom stereocenters. The standard InChI is InChI=1S/C15H20BrNO/c1-15(2,3)12-8-9-17(10-12)14(18)11-4-6-13(16)7-5-11/h4-7,12H,8-10H2,1-3H3. The van der Waals surface area contributed by atoms with Crippen LogP contribution in [-0.4, -0.2) is 23.9 Å². The Morgan fingerprint density at radius 2 is 1.89 bits per heavy atom. The Labute approximate surface area is 117 Å². The number of nitrogens with zero attached hydrogens (tertiary/aromatic N) is 1. The van der Waals surface area contributed by atoms with Crippen molar-refractivity contribution in [2.24, 2.45) is 11.3 Å². The predicted octanol–water partition coefficient (Wildman–Crippen LogP) is 3.96. The summed E-state index contributed by atoms with van der Waals surface area (Å²) in [4.78, 5) is 14.3. The molecule has 0 N–H and O–H groups in total. The molecule has 0 radical (unpaired) electrons. The second-order valence-electron chi connectivity index (χ2n) is 6.11. The van der Waals surface area contributed by atoms with Crippen LogP contribution in [0.3, 0.4) is 0 Å². The van der Waals surface area contributed by atoms with Gasteiger partial charge < -0.3 is 4.90 Å². The molecule has 1 aliphatic rings. The molecule has 1 fully saturated rings. The van der Waals surface area contributed by atoms with Gasteiger partial charge in [0.2, 0.25) is 0 Å². The minimum Gasteiger partial charge on any atom is -0.338 e. The number of carbonyl (C=O) groups excluding carboxylic acids is 1. The summed E-state index contributed by atoms with van der Waals surface area (Å²) in [5.41, 5.74) is 1.07. The van der Waals surface area contributed by atoms with Gasteiger partial charge in [0.05, 0.1) is 0 Å². The highest BCUT2D eigenvalue weighted by molar-refractivity contribution is 9.10. The maximum absolute atomic E-state index is 12.3. The van der Waals surface area contributed by atoms with Crippen LogP contribution < -0.4 is 0 Å². The van der Waals surface area contributed by atoms with Gasteiger partial charge in [-0.25, -0.2) is 0 Å². The zero-order valence-corrected chi connectivity index (χ0v) is 12.8. The second kappa shape index (κ2) is 5.04. The van der Waals surface area contributed by atoms with Gasteiger partial charge >= 0.3 is 0 Å². The molecular formula is C15H20BrNO. The number of benzene rings is 1. The molecule has 18 heavy (non-hydrogen) atoms. The third-order valence-corrected chi connectivity index (χ3v) is 4.32. The molecule has 0 saturated carbocycles. The SMILES string of the molecule is CC(C)(C)C1CCN(C(=O)c2ccc(Br)cc2)C1. The monoisotopic (exact) mass is 309 g/mol. The number of carbonyl (C=O) groups is 1. The summed E-state index contributed by atoms with van der Waals surface area (Å²) < 4.78 is 1.01. The molecule has 0 spiro atoms. The maximum Gasteiger partial charge on any atom is 0.253 e. The average molecular weight is 310 g/mol. The van der Waals surface area contributed by atoms with Gasteiger partial charge in [-0.1, -0.05) is 36.7 Å². The second-order valence-corrected chi connectivity index (χ2v) is 7.03. The van der Waals surface area contributed by atoms with E-state index in [1.54, 1.807) is 0 Å². The van der Waals surface area contributed by atoms with Crippen LogP contribution in [0.5, 0.6) is 0 Å². The summed E-state index contributed by atoms with van der Waals surface area (Å²) in [5.74, 6) is 0.770. The number of halogens is 1. The molecule has 1 amide bonds. The van der Waals surface area contributed by atoms with Crippen molar-refractivity contribution >= 4 is 21.8 Å². The van der Waals surface area contributed by atoms with Gasteiger partial charge in [-0.3, -0.25) is 4.79 Å². The van der Waals surface area contributed by atoms with Crippen LogP contribution in [0.15, 0.2) is 28.7 Å². The van der Waals surface area contributed by atoms with Crippen molar-refractivity contribution in [2.75, 3.05) is 13.1 Å². The molecule has 0 aliphatic carbocycles. The van der Waals surface area contributed by atoms with E-state index in [9.17, 15) is 4.79 Å². The van der Waals surface area contributed by atoms with E-state index in [2.05, 4.69) is 36.7 Å². The zero-order valence-electron chi connectivity index (χ0n) is 11.2. The van der Waals surface area contributed by atoms with E-state index >= 15 is 0 Å². The van der Waals surface area contributed by atoms with E-state index in [1.165, 1.54) is 0 Å². The topological polar surface area (TPSA) is 20.3 Å². The van der Waals surface area contributed by atoms with Crippen LogP contribution in [0.4, 0.5) is 0 Å². The summed E-state index contributed by atoms with van der Waals surface area (Å²) in [7, 11) is 0. The molecule has 98 valence electrons. The Balaban J connectivity index is 2.06. The Morgan fingerprint density at radius 3 is 2.39 bits per heavy atom. The molecule has 1 unspecified atom stereocenters. The molecule has 3 heteroatoms. The first-order chi connectivity index (χ1) is 8.38. The molecule has 2 nitrogen and oxygen atoms in total. The molecule has 1 aromatic carbocycles. The fourth-order valence-corrected chi connectivity index (χ4v) is 2.69. The van der Waals surface area contributed by atoms with Crippen LogP contribution in [0.2, 0.25) is 0 Å². The predicted molar refractivity (Wildman–Crippen MR) is 77.6 cm³/mol. The normalized spacial score (nSPS) is 20.2. The smallest absolute Gasteiger partial charge is 0.253 e. The van der Waals surface area contributed by atoms with Crippen molar-refractivity contribution in [3.05, 3.63) is 34.3 Å². The first-order valence-corrected chi connectivity index (χ1v) is 7.22. The summed E-state index contributed by atoms with van der Waals surface area (Å²) in [6.07, 6.45) is 1.12. The molecule has 0 aromatic heterocycles. The molecule has 0 bridgehead atoms. The first-order valence-electron chi connectivity index (χ1n) is 6.43. The van der Waals surface area contributed by atoms with Crippen LogP contribution in [0.25, 0.3) is 0 Å². The Hall–Kier alpha value is -0.830. The summed E-state index contributed by atoms with van der Waals surface area (Å²) in [6.45, 7) is 8.54. The highest BCUT2D eigenvalue weighted by Crippen LogP contribution is 2.34. The van der Waals surface area contributed by atoms with Crippen molar-refractivity contribution in [2.45, 2.75) is 27.2 Å². The van der Waals surface area contributed by atoms with Gasteiger partial charge in [-0.2, -0.15) is 0 Å². The lowest BCUT2D eigenvalue weighted by molar-refractivity contribution is 0.0776. The number of rotatable bonds is 1. The van der Waals surface area contributed by atoms with Gasteiger partial charge in [-0.15, -0.1) is 0 Å². The van der Waals surface area contributed by atoms with E-state index in [1.807, 2.05) is 29.2 Å². The van der Waals surface area contributed by atoms with Crippen molar-refractivity contribution in [1.82, 2.24) is 4.90 Å². The van der Waals surface area contributed by atoms with Crippen molar-refractivity contribution in [3.63, 3.8) is 0 Å². The Bertz CT molecular complexity index is 433. The quantitative estimate of drug-likeness (QED) is 0.769. The number of hydrogen-bond acceptors (Lipinski definition) is 1. The van der Waals surface area contributed by atoms with Gasteiger partial charge in [0, 0.05) is 23.1 Å². The number of hydrogen-bond donors (Lipinski definition) is 0. The minimum absolute atomic E-state index is 0.161. The van der Waals surface area contributed by atoms with Gasteiger partial charge in [-0.05, 0) is 42.0 Å². The molecule has 1 aromatic rings. The van der Waals surface area contributed by atoms with Crippen LogP contribution in [0.1, 0.15) is 37.6 Å². The van der Waals surface area contributed by atoms with E-state index in [0.29, 0.717) is 5.92 Å². The van der Waals surface area contributed by atoms with Crippen LogP contribution >= 0.6 is 15.9 Å². The maximum atomic E-state index is 12.3. The lowest BCUT2D eigenvalue weighted by atomic mass is 9.80. The van der Waals surface area contributed by atoms with E-state index in [4.69, 9.17) is 0 Å². The molecule has 1 saturated heterocycles. The summed E-state index contributed by atoms with van der Waals surface area (Å²) in [5, 5.41) is 0. The average Bonchev–Trinajstić information content (AvgIpc) is 2.78. The van der Waals surface area contributed by atoms with Crippen molar-refractivity contribution in [3.8, 4) is 0 Å². The van der Waals surface area contributed by atoms with E-state index in [0.717, 1.165) is 29.5 Å². The number of amides is 1. The van der Waals surface area contributed by atoms with E-state index in [-0.39, 0.29) is 11.3 Å². The molecule has 2 rings (SSSR count). The van der Waals surface area contributed by atoms with Crippen LogP contribution in [-0.2, 0) is 0 Å². The van der Waals surface area contributed by atoms with Crippen molar-refractivity contribution < 1.29 is 4.79 Å².